The zero-order valence-corrected chi connectivity index (χ0v) is 16.5. The molecule has 2 aromatic rings. The van der Waals surface area contributed by atoms with Gasteiger partial charge >= 0.3 is 0 Å². The first-order chi connectivity index (χ1) is 13.3. The maximum absolute atomic E-state index is 12.3. The van der Waals surface area contributed by atoms with Gasteiger partial charge in [0.2, 0.25) is 11.8 Å². The van der Waals surface area contributed by atoms with Crippen molar-refractivity contribution in [3.8, 4) is 0 Å². The molecule has 146 valence electrons. The highest BCUT2D eigenvalue weighted by atomic mass is 16.2. The predicted octanol–water partition coefficient (Wildman–Crippen LogP) is 3.11. The highest BCUT2D eigenvalue weighted by Gasteiger charge is 2.21. The van der Waals surface area contributed by atoms with Crippen molar-refractivity contribution in [2.24, 2.45) is 0 Å². The molecular formula is C22H25N3O3. The van der Waals surface area contributed by atoms with Crippen molar-refractivity contribution in [1.29, 1.82) is 0 Å². The number of carbonyl (C=O) groups excluding carboxylic acids is 3. The Morgan fingerprint density at radius 1 is 1.04 bits per heavy atom. The number of amides is 3. The molecule has 1 saturated heterocycles. The molecule has 1 aliphatic rings. The Hall–Kier alpha value is -3.15. The Labute approximate surface area is 164 Å². The van der Waals surface area contributed by atoms with E-state index in [1.807, 2.05) is 32.9 Å². The summed E-state index contributed by atoms with van der Waals surface area (Å²) < 4.78 is 0. The van der Waals surface area contributed by atoms with Crippen LogP contribution in [0.4, 0.5) is 11.4 Å². The molecule has 1 aliphatic heterocycles. The van der Waals surface area contributed by atoms with Crippen molar-refractivity contribution in [2.75, 3.05) is 23.3 Å². The van der Waals surface area contributed by atoms with E-state index in [2.05, 4.69) is 10.6 Å². The standard InChI is InChI=1S/C22H25N3O3/c1-14-11-15(2)21(16(3)12-14)24-19(26)13-23-22(28)17-6-8-18(9-7-17)25-10-4-5-20(25)27/h6-9,11-12H,4-5,10,13H2,1-3H3,(H,23,28)(H,24,26). The van der Waals surface area contributed by atoms with Gasteiger partial charge in [0.1, 0.15) is 0 Å². The molecule has 28 heavy (non-hydrogen) atoms. The average molecular weight is 379 g/mol. The molecule has 1 fully saturated rings. The Kier molecular flexibility index (Phi) is 5.78. The molecule has 2 N–H and O–H groups in total. The smallest absolute Gasteiger partial charge is 0.251 e. The van der Waals surface area contributed by atoms with E-state index in [0.717, 1.165) is 34.5 Å². The van der Waals surface area contributed by atoms with Gasteiger partial charge in [-0.2, -0.15) is 0 Å². The molecule has 6 heteroatoms. The summed E-state index contributed by atoms with van der Waals surface area (Å²) in [6.07, 6.45) is 1.42. The van der Waals surface area contributed by atoms with Crippen molar-refractivity contribution in [3.05, 3.63) is 58.7 Å². The van der Waals surface area contributed by atoms with Gasteiger partial charge in [-0.3, -0.25) is 14.4 Å². The van der Waals surface area contributed by atoms with Crippen LogP contribution in [0.5, 0.6) is 0 Å². The topological polar surface area (TPSA) is 78.5 Å². The summed E-state index contributed by atoms with van der Waals surface area (Å²) in [7, 11) is 0. The van der Waals surface area contributed by atoms with Crippen LogP contribution in [0.15, 0.2) is 36.4 Å². The van der Waals surface area contributed by atoms with Gasteiger partial charge in [0.05, 0.1) is 6.54 Å². The van der Waals surface area contributed by atoms with Crippen LogP contribution in [-0.2, 0) is 9.59 Å². The van der Waals surface area contributed by atoms with Gasteiger partial charge in [-0.25, -0.2) is 0 Å². The summed E-state index contributed by atoms with van der Waals surface area (Å²) in [4.78, 5) is 38.1. The Morgan fingerprint density at radius 2 is 1.68 bits per heavy atom. The lowest BCUT2D eigenvalue weighted by atomic mass is 10.1. The second-order valence-electron chi connectivity index (χ2n) is 7.20. The highest BCUT2D eigenvalue weighted by Crippen LogP contribution is 2.22. The second-order valence-corrected chi connectivity index (χ2v) is 7.20. The molecule has 3 rings (SSSR count). The summed E-state index contributed by atoms with van der Waals surface area (Å²) in [6.45, 7) is 6.50. The van der Waals surface area contributed by atoms with E-state index in [-0.39, 0.29) is 24.3 Å². The number of nitrogens with one attached hydrogen (secondary N) is 2. The van der Waals surface area contributed by atoms with Gasteiger partial charge in [0, 0.05) is 29.9 Å². The van der Waals surface area contributed by atoms with Crippen molar-refractivity contribution in [3.63, 3.8) is 0 Å². The fraction of sp³-hybridized carbons (Fsp3) is 0.318. The number of rotatable bonds is 5. The fourth-order valence-corrected chi connectivity index (χ4v) is 3.54. The molecule has 0 bridgehead atoms. The average Bonchev–Trinajstić information content (AvgIpc) is 3.08. The molecule has 0 aliphatic carbocycles. The maximum atomic E-state index is 12.3. The molecule has 2 aromatic carbocycles. The number of hydrogen-bond donors (Lipinski definition) is 2. The van der Waals surface area contributed by atoms with Crippen molar-refractivity contribution >= 4 is 29.1 Å². The van der Waals surface area contributed by atoms with Crippen molar-refractivity contribution < 1.29 is 14.4 Å². The largest absolute Gasteiger partial charge is 0.343 e. The van der Waals surface area contributed by atoms with Crippen LogP contribution in [0.3, 0.4) is 0 Å². The molecule has 0 unspecified atom stereocenters. The first kappa shape index (κ1) is 19.6. The molecule has 0 atom stereocenters. The van der Waals surface area contributed by atoms with Gasteiger partial charge in [-0.15, -0.1) is 0 Å². The quantitative estimate of drug-likeness (QED) is 0.838. The van der Waals surface area contributed by atoms with E-state index >= 15 is 0 Å². The Morgan fingerprint density at radius 3 is 2.25 bits per heavy atom. The highest BCUT2D eigenvalue weighted by molar-refractivity contribution is 6.00. The first-order valence-corrected chi connectivity index (χ1v) is 9.41. The van der Waals surface area contributed by atoms with E-state index in [0.29, 0.717) is 18.5 Å². The SMILES string of the molecule is Cc1cc(C)c(NC(=O)CNC(=O)c2ccc(N3CCCC3=O)cc2)c(C)c1. The minimum absolute atomic E-state index is 0.107. The summed E-state index contributed by atoms with van der Waals surface area (Å²) in [5.41, 5.74) is 5.14. The number of nitrogens with zero attached hydrogens (tertiary/aromatic N) is 1. The van der Waals surface area contributed by atoms with E-state index < -0.39 is 0 Å². The third-order valence-electron chi connectivity index (χ3n) is 4.87. The molecule has 0 saturated carbocycles. The van der Waals surface area contributed by atoms with E-state index in [4.69, 9.17) is 0 Å². The molecule has 3 amide bonds. The summed E-state index contributed by atoms with van der Waals surface area (Å²) >= 11 is 0. The minimum atomic E-state index is -0.327. The summed E-state index contributed by atoms with van der Waals surface area (Å²) in [5.74, 6) is -0.495. The minimum Gasteiger partial charge on any atom is -0.343 e. The van der Waals surface area contributed by atoms with Crippen LogP contribution in [0.2, 0.25) is 0 Å². The number of hydrogen-bond acceptors (Lipinski definition) is 3. The van der Waals surface area contributed by atoms with Gasteiger partial charge in [0.15, 0.2) is 0 Å². The molecule has 0 aromatic heterocycles. The Balaban J connectivity index is 1.56. The predicted molar refractivity (Wildman–Crippen MR) is 110 cm³/mol. The molecule has 0 spiro atoms. The molecule has 0 radical (unpaired) electrons. The van der Waals surface area contributed by atoms with Gasteiger partial charge in [0.25, 0.3) is 5.91 Å². The summed E-state index contributed by atoms with van der Waals surface area (Å²) in [6, 6.07) is 10.9. The van der Waals surface area contributed by atoms with Crippen molar-refractivity contribution in [2.45, 2.75) is 33.6 Å². The zero-order chi connectivity index (χ0) is 20.3. The Bertz CT molecular complexity index is 896. The van der Waals surface area contributed by atoms with E-state index in [1.54, 1.807) is 29.2 Å². The van der Waals surface area contributed by atoms with Crippen LogP contribution < -0.4 is 15.5 Å². The molecule has 1 heterocycles. The third kappa shape index (κ3) is 4.39. The monoisotopic (exact) mass is 379 g/mol. The lowest BCUT2D eigenvalue weighted by Gasteiger charge is -2.16. The molecule has 6 nitrogen and oxygen atoms in total. The third-order valence-corrected chi connectivity index (χ3v) is 4.87. The number of benzene rings is 2. The van der Waals surface area contributed by atoms with Crippen LogP contribution in [-0.4, -0.2) is 30.8 Å². The lowest BCUT2D eigenvalue weighted by molar-refractivity contribution is -0.117. The van der Waals surface area contributed by atoms with Crippen LogP contribution in [0, 0.1) is 20.8 Å². The van der Waals surface area contributed by atoms with Gasteiger partial charge in [-0.05, 0) is 62.6 Å². The maximum Gasteiger partial charge on any atom is 0.251 e. The van der Waals surface area contributed by atoms with E-state index in [1.165, 1.54) is 0 Å². The fourth-order valence-electron chi connectivity index (χ4n) is 3.54. The molecular weight excluding hydrogens is 354 g/mol. The van der Waals surface area contributed by atoms with Crippen molar-refractivity contribution in [1.82, 2.24) is 5.32 Å². The van der Waals surface area contributed by atoms with E-state index in [9.17, 15) is 14.4 Å². The number of anilines is 2. The first-order valence-electron chi connectivity index (χ1n) is 9.41. The number of aryl methyl sites for hydroxylation is 3. The zero-order valence-electron chi connectivity index (χ0n) is 16.5. The van der Waals surface area contributed by atoms with Crippen LogP contribution in [0.25, 0.3) is 0 Å². The van der Waals surface area contributed by atoms with Gasteiger partial charge in [-0.1, -0.05) is 17.7 Å². The number of carbonyl (C=O) groups is 3. The normalized spacial score (nSPS) is 13.5. The van der Waals surface area contributed by atoms with Crippen LogP contribution >= 0.6 is 0 Å². The second kappa shape index (κ2) is 8.25. The van der Waals surface area contributed by atoms with Crippen LogP contribution in [0.1, 0.15) is 39.9 Å². The lowest BCUT2D eigenvalue weighted by Crippen LogP contribution is -2.33. The summed E-state index contributed by atoms with van der Waals surface area (Å²) in [5, 5.41) is 5.50. The van der Waals surface area contributed by atoms with Gasteiger partial charge < -0.3 is 15.5 Å².